The van der Waals surface area contributed by atoms with Crippen molar-refractivity contribution >= 4 is 0 Å². The van der Waals surface area contributed by atoms with E-state index >= 15 is 0 Å². The van der Waals surface area contributed by atoms with Gasteiger partial charge in [0, 0.05) is 0 Å². The third kappa shape index (κ3) is 2.12. The van der Waals surface area contributed by atoms with Crippen molar-refractivity contribution in [3.8, 4) is 0 Å². The second kappa shape index (κ2) is 4.17. The molecule has 0 rings (SSSR count). The molecular weight excluding hydrogens is 158 g/mol. The summed E-state index contributed by atoms with van der Waals surface area (Å²) in [7, 11) is 0. The van der Waals surface area contributed by atoms with Crippen molar-refractivity contribution in [1.29, 1.82) is 0 Å². The van der Waals surface area contributed by atoms with Gasteiger partial charge in [-0.25, -0.2) is 0 Å². The van der Waals surface area contributed by atoms with Gasteiger partial charge in [0.25, 0.3) is 5.70 Å². The van der Waals surface area contributed by atoms with Crippen LogP contribution < -0.4 is 11.5 Å². The highest BCUT2D eigenvalue weighted by Gasteiger charge is 2.14. The SMILES string of the molecule is C=C/C(N)=C(N)\C(=C/C)[N+](=O)[O-]. The Bertz CT molecular complexity index is 266. The summed E-state index contributed by atoms with van der Waals surface area (Å²) in [5, 5.41) is 10.3. The van der Waals surface area contributed by atoms with Crippen LogP contribution in [0.1, 0.15) is 6.92 Å². The summed E-state index contributed by atoms with van der Waals surface area (Å²) in [5.74, 6) is 0. The molecule has 0 unspecified atom stereocenters. The molecule has 0 saturated carbocycles. The molecule has 0 atom stereocenters. The van der Waals surface area contributed by atoms with Gasteiger partial charge in [0.2, 0.25) is 0 Å². The fourth-order valence-electron chi connectivity index (χ4n) is 0.617. The molecule has 0 spiro atoms. The van der Waals surface area contributed by atoms with Crippen LogP contribution in [0.25, 0.3) is 0 Å². The van der Waals surface area contributed by atoms with E-state index in [1.54, 1.807) is 0 Å². The first-order chi connectivity index (χ1) is 5.54. The van der Waals surface area contributed by atoms with Crippen LogP contribution in [-0.4, -0.2) is 4.92 Å². The van der Waals surface area contributed by atoms with E-state index in [2.05, 4.69) is 6.58 Å². The van der Waals surface area contributed by atoms with Crippen LogP contribution in [0.4, 0.5) is 0 Å². The Morgan fingerprint density at radius 3 is 2.33 bits per heavy atom. The fourth-order valence-corrected chi connectivity index (χ4v) is 0.617. The number of rotatable bonds is 3. The van der Waals surface area contributed by atoms with Gasteiger partial charge in [-0.1, -0.05) is 6.58 Å². The van der Waals surface area contributed by atoms with Gasteiger partial charge >= 0.3 is 0 Å². The van der Waals surface area contributed by atoms with Crippen molar-refractivity contribution in [1.82, 2.24) is 0 Å². The first kappa shape index (κ1) is 10.2. The Labute approximate surface area is 70.2 Å². The van der Waals surface area contributed by atoms with Crippen LogP contribution in [0.2, 0.25) is 0 Å². The molecule has 0 aliphatic rings. The zero-order chi connectivity index (χ0) is 9.72. The molecule has 66 valence electrons. The minimum absolute atomic E-state index is 0.0579. The number of nitrogens with two attached hydrogens (primary N) is 2. The number of hydrogen-bond donors (Lipinski definition) is 2. The molecule has 4 N–H and O–H groups in total. The average Bonchev–Trinajstić information content (AvgIpc) is 2.03. The summed E-state index contributed by atoms with van der Waals surface area (Å²) in [6.45, 7) is 4.86. The molecule has 5 nitrogen and oxygen atoms in total. The average molecular weight is 169 g/mol. The van der Waals surface area contributed by atoms with Crippen molar-refractivity contribution < 1.29 is 4.92 Å². The largest absolute Gasteiger partial charge is 0.397 e. The van der Waals surface area contributed by atoms with E-state index in [0.717, 1.165) is 0 Å². The fraction of sp³-hybridized carbons (Fsp3) is 0.143. The zero-order valence-electron chi connectivity index (χ0n) is 6.78. The highest BCUT2D eigenvalue weighted by molar-refractivity contribution is 5.31. The van der Waals surface area contributed by atoms with E-state index in [1.165, 1.54) is 19.1 Å². The standard InChI is InChI=1S/C7H11N3O2/c1-3-5(8)7(9)6(4-2)10(11)12/h3-4H,1,8-9H2,2H3/b6-4+,7-5-. The van der Waals surface area contributed by atoms with Gasteiger partial charge in [0.05, 0.1) is 10.6 Å². The summed E-state index contributed by atoms with van der Waals surface area (Å²) in [4.78, 5) is 9.73. The Kier molecular flexibility index (Phi) is 3.55. The maximum Gasteiger partial charge on any atom is 0.290 e. The van der Waals surface area contributed by atoms with Gasteiger partial charge in [-0.05, 0) is 19.1 Å². The summed E-state index contributed by atoms with van der Waals surface area (Å²) in [6.07, 6.45) is 2.55. The first-order valence-corrected chi connectivity index (χ1v) is 3.23. The van der Waals surface area contributed by atoms with Crippen LogP contribution in [0.5, 0.6) is 0 Å². The van der Waals surface area contributed by atoms with Crippen molar-refractivity contribution in [3.63, 3.8) is 0 Å². The van der Waals surface area contributed by atoms with Crippen LogP contribution in [0, 0.1) is 10.1 Å². The summed E-state index contributed by atoms with van der Waals surface area (Å²) < 4.78 is 0. The lowest BCUT2D eigenvalue weighted by molar-refractivity contribution is -0.421. The van der Waals surface area contributed by atoms with Gasteiger partial charge < -0.3 is 11.5 Å². The van der Waals surface area contributed by atoms with Gasteiger partial charge in [0.15, 0.2) is 0 Å². The molecule has 0 aliphatic heterocycles. The predicted molar refractivity (Wildman–Crippen MR) is 46.3 cm³/mol. The lowest BCUT2D eigenvalue weighted by atomic mass is 10.2. The number of hydrogen-bond acceptors (Lipinski definition) is 4. The minimum Gasteiger partial charge on any atom is -0.397 e. The molecule has 0 amide bonds. The van der Waals surface area contributed by atoms with E-state index in [0.29, 0.717) is 0 Å². The molecule has 0 aliphatic carbocycles. The highest BCUT2D eigenvalue weighted by Crippen LogP contribution is 2.07. The Balaban J connectivity index is 5.03. The molecule has 0 radical (unpaired) electrons. The monoisotopic (exact) mass is 169 g/mol. The molecule has 0 heterocycles. The van der Waals surface area contributed by atoms with E-state index in [9.17, 15) is 10.1 Å². The van der Waals surface area contributed by atoms with E-state index in [-0.39, 0.29) is 17.1 Å². The van der Waals surface area contributed by atoms with Gasteiger partial charge in [-0.2, -0.15) is 0 Å². The topological polar surface area (TPSA) is 95.2 Å². The molecule has 12 heavy (non-hydrogen) atoms. The number of nitrogens with zero attached hydrogens (tertiary/aromatic N) is 1. The molecule has 0 aromatic heterocycles. The van der Waals surface area contributed by atoms with Crippen LogP contribution in [0.15, 0.2) is 35.8 Å². The second-order valence-corrected chi connectivity index (χ2v) is 2.00. The van der Waals surface area contributed by atoms with Crippen molar-refractivity contribution in [2.75, 3.05) is 0 Å². The maximum atomic E-state index is 10.3. The smallest absolute Gasteiger partial charge is 0.290 e. The van der Waals surface area contributed by atoms with Gasteiger partial charge in [-0.3, -0.25) is 10.1 Å². The zero-order valence-corrected chi connectivity index (χ0v) is 6.78. The van der Waals surface area contributed by atoms with Crippen LogP contribution in [-0.2, 0) is 0 Å². The quantitative estimate of drug-likeness (QED) is 0.365. The Hall–Kier alpha value is -1.78. The maximum absolute atomic E-state index is 10.3. The van der Waals surface area contributed by atoms with Crippen molar-refractivity contribution in [2.45, 2.75) is 6.92 Å². The highest BCUT2D eigenvalue weighted by atomic mass is 16.6. The van der Waals surface area contributed by atoms with Gasteiger partial charge in [-0.15, -0.1) is 0 Å². The molecule has 5 heteroatoms. The molecular formula is C7H11N3O2. The summed E-state index contributed by atoms with van der Waals surface area (Å²) in [6, 6.07) is 0. The Morgan fingerprint density at radius 1 is 1.58 bits per heavy atom. The minimum atomic E-state index is -0.592. The second-order valence-electron chi connectivity index (χ2n) is 2.00. The lowest BCUT2D eigenvalue weighted by Crippen LogP contribution is -2.14. The van der Waals surface area contributed by atoms with Crippen molar-refractivity contribution in [2.24, 2.45) is 11.5 Å². The molecule has 0 bridgehead atoms. The predicted octanol–water partition coefficient (Wildman–Crippen LogP) is 0.482. The first-order valence-electron chi connectivity index (χ1n) is 3.23. The Morgan fingerprint density at radius 2 is 2.08 bits per heavy atom. The molecule has 0 saturated heterocycles. The lowest BCUT2D eigenvalue weighted by Gasteiger charge is -1.99. The van der Waals surface area contributed by atoms with Gasteiger partial charge in [0.1, 0.15) is 5.70 Å². The third-order valence-corrected chi connectivity index (χ3v) is 1.28. The molecule has 0 fully saturated rings. The molecule has 0 aromatic rings. The summed E-state index contributed by atoms with van der Waals surface area (Å²) >= 11 is 0. The van der Waals surface area contributed by atoms with Crippen molar-refractivity contribution in [3.05, 3.63) is 45.9 Å². The van der Waals surface area contributed by atoms with Crippen LogP contribution >= 0.6 is 0 Å². The van der Waals surface area contributed by atoms with E-state index in [1.807, 2.05) is 0 Å². The molecule has 0 aromatic carbocycles. The third-order valence-electron chi connectivity index (χ3n) is 1.28. The number of nitro groups is 1. The number of allylic oxidation sites excluding steroid dienone is 2. The van der Waals surface area contributed by atoms with Crippen LogP contribution in [0.3, 0.4) is 0 Å². The van der Waals surface area contributed by atoms with E-state index in [4.69, 9.17) is 11.5 Å². The summed E-state index contributed by atoms with van der Waals surface area (Å²) in [5.41, 5.74) is 10.5. The van der Waals surface area contributed by atoms with E-state index < -0.39 is 4.92 Å². The normalized spacial score (nSPS) is 13.6.